The Morgan fingerprint density at radius 2 is 1.27 bits per heavy atom. The lowest BCUT2D eigenvalue weighted by molar-refractivity contribution is -0.143. The highest BCUT2D eigenvalue weighted by atomic mass is 16.5. The zero-order valence-corrected chi connectivity index (χ0v) is 18.2. The van der Waals surface area contributed by atoms with E-state index in [1.165, 1.54) is 0 Å². The topological polar surface area (TPSA) is 52.6 Å². The molecule has 0 spiro atoms. The molecule has 152 valence electrons. The fourth-order valence-corrected chi connectivity index (χ4v) is 2.42. The summed E-state index contributed by atoms with van der Waals surface area (Å²) in [4.78, 5) is 25.5. The summed E-state index contributed by atoms with van der Waals surface area (Å²) >= 11 is 0. The van der Waals surface area contributed by atoms with Gasteiger partial charge in [-0.15, -0.1) is 0 Å². The van der Waals surface area contributed by atoms with Crippen LogP contribution in [0.4, 0.5) is 0 Å². The van der Waals surface area contributed by atoms with Crippen molar-refractivity contribution in [1.29, 1.82) is 0 Å². The minimum Gasteiger partial charge on any atom is -0.462 e. The van der Waals surface area contributed by atoms with E-state index in [1.807, 2.05) is 27.7 Å². The molecule has 0 aromatic rings. The second-order valence-corrected chi connectivity index (χ2v) is 9.14. The average molecular weight is 369 g/mol. The second kappa shape index (κ2) is 12.1. The molecule has 0 atom stereocenters. The molecule has 0 amide bonds. The van der Waals surface area contributed by atoms with Crippen LogP contribution in [0.1, 0.15) is 87.5 Å². The van der Waals surface area contributed by atoms with Gasteiger partial charge in [0.25, 0.3) is 0 Å². The van der Waals surface area contributed by atoms with Crippen LogP contribution in [0.3, 0.4) is 0 Å². The fraction of sp³-hybridized carbons (Fsp3) is 0.818. The van der Waals surface area contributed by atoms with Crippen molar-refractivity contribution < 1.29 is 19.1 Å². The van der Waals surface area contributed by atoms with Gasteiger partial charge >= 0.3 is 11.9 Å². The first-order valence-corrected chi connectivity index (χ1v) is 10.0. The van der Waals surface area contributed by atoms with Crippen LogP contribution in [0.25, 0.3) is 0 Å². The number of hydrogen-bond donors (Lipinski definition) is 0. The van der Waals surface area contributed by atoms with Gasteiger partial charge in [-0.05, 0) is 36.5 Å². The molecule has 0 fully saturated rings. The Morgan fingerprint density at radius 1 is 0.808 bits per heavy atom. The van der Waals surface area contributed by atoms with Crippen LogP contribution in [0, 0.1) is 17.3 Å². The molecule has 0 N–H and O–H groups in total. The Balaban J connectivity index is 5.70. The summed E-state index contributed by atoms with van der Waals surface area (Å²) in [7, 11) is 0. The van der Waals surface area contributed by atoms with Gasteiger partial charge in [-0.25, -0.2) is 9.59 Å². The Bertz CT molecular complexity index is 467. The van der Waals surface area contributed by atoms with Crippen LogP contribution in [0.5, 0.6) is 0 Å². The van der Waals surface area contributed by atoms with Crippen molar-refractivity contribution in [2.75, 3.05) is 13.2 Å². The molecule has 4 nitrogen and oxygen atoms in total. The van der Waals surface area contributed by atoms with Crippen LogP contribution in [-0.2, 0) is 19.1 Å². The lowest BCUT2D eigenvalue weighted by Gasteiger charge is -2.23. The van der Waals surface area contributed by atoms with E-state index >= 15 is 0 Å². The van der Waals surface area contributed by atoms with E-state index in [2.05, 4.69) is 27.7 Å². The van der Waals surface area contributed by atoms with Gasteiger partial charge in [-0.2, -0.15) is 0 Å². The molecule has 0 heterocycles. The Hall–Kier alpha value is -1.32. The average Bonchev–Trinajstić information content (AvgIpc) is 2.51. The summed E-state index contributed by atoms with van der Waals surface area (Å²) in [6.45, 7) is 17.0. The van der Waals surface area contributed by atoms with Crippen LogP contribution in [-0.4, -0.2) is 25.2 Å². The third-order valence-electron chi connectivity index (χ3n) is 3.69. The van der Waals surface area contributed by atoms with Gasteiger partial charge in [0.05, 0.1) is 13.2 Å². The standard InChI is InChI=1S/C22H40O4/c1-9-10-11-12-18(20(23)25-14-16(2)3)19(13-22(6,7)8)21(24)26-15-17(4)5/h16-17H,9-15H2,1-8H3/b19-18-. The third kappa shape index (κ3) is 11.3. The van der Waals surface area contributed by atoms with Gasteiger partial charge in [-0.1, -0.05) is 68.2 Å². The molecule has 0 aromatic heterocycles. The van der Waals surface area contributed by atoms with Gasteiger partial charge in [-0.3, -0.25) is 0 Å². The van der Waals surface area contributed by atoms with E-state index in [4.69, 9.17) is 9.47 Å². The molecule has 0 aliphatic heterocycles. The number of carbonyl (C=O) groups excluding carboxylic acids is 2. The number of hydrogen-bond acceptors (Lipinski definition) is 4. The maximum absolute atomic E-state index is 12.8. The largest absolute Gasteiger partial charge is 0.462 e. The van der Waals surface area contributed by atoms with Crippen molar-refractivity contribution in [1.82, 2.24) is 0 Å². The monoisotopic (exact) mass is 368 g/mol. The van der Waals surface area contributed by atoms with Crippen LogP contribution in [0.15, 0.2) is 11.1 Å². The normalized spacial score (nSPS) is 13.0. The Kier molecular flexibility index (Phi) is 11.5. The van der Waals surface area contributed by atoms with Crippen LogP contribution < -0.4 is 0 Å². The summed E-state index contributed by atoms with van der Waals surface area (Å²) in [5.41, 5.74) is 0.867. The molecule has 0 rings (SSSR count). The van der Waals surface area contributed by atoms with Crippen molar-refractivity contribution in [3.05, 3.63) is 11.1 Å². The van der Waals surface area contributed by atoms with Crippen LogP contribution in [0.2, 0.25) is 0 Å². The zero-order valence-electron chi connectivity index (χ0n) is 18.2. The predicted molar refractivity (Wildman–Crippen MR) is 107 cm³/mol. The quantitative estimate of drug-likeness (QED) is 0.267. The number of unbranched alkanes of at least 4 members (excludes halogenated alkanes) is 2. The first-order chi connectivity index (χ1) is 12.0. The van der Waals surface area contributed by atoms with Crippen LogP contribution >= 0.6 is 0 Å². The van der Waals surface area contributed by atoms with Gasteiger partial charge in [0.1, 0.15) is 0 Å². The highest BCUT2D eigenvalue weighted by Crippen LogP contribution is 2.29. The van der Waals surface area contributed by atoms with E-state index in [0.29, 0.717) is 37.2 Å². The minimum absolute atomic E-state index is 0.124. The third-order valence-corrected chi connectivity index (χ3v) is 3.69. The molecule has 0 unspecified atom stereocenters. The molecule has 26 heavy (non-hydrogen) atoms. The van der Waals surface area contributed by atoms with Crippen molar-refractivity contribution in [3.8, 4) is 0 Å². The zero-order chi connectivity index (χ0) is 20.3. The predicted octanol–water partition coefficient (Wildman–Crippen LogP) is 5.70. The summed E-state index contributed by atoms with van der Waals surface area (Å²) in [6.07, 6.45) is 4.01. The Labute approximate surface area is 160 Å². The van der Waals surface area contributed by atoms with E-state index in [0.717, 1.165) is 19.3 Å². The molecule has 0 saturated carbocycles. The molecular weight excluding hydrogens is 328 g/mol. The van der Waals surface area contributed by atoms with E-state index in [-0.39, 0.29) is 29.2 Å². The minimum atomic E-state index is -0.373. The number of rotatable bonds is 11. The van der Waals surface area contributed by atoms with Gasteiger partial charge in [0, 0.05) is 11.1 Å². The number of esters is 2. The lowest BCUT2D eigenvalue weighted by atomic mass is 9.85. The maximum atomic E-state index is 12.8. The highest BCUT2D eigenvalue weighted by molar-refractivity contribution is 6.00. The molecule has 0 aliphatic rings. The second-order valence-electron chi connectivity index (χ2n) is 9.14. The molecule has 0 aliphatic carbocycles. The molecule has 0 saturated heterocycles. The lowest BCUT2D eigenvalue weighted by Crippen LogP contribution is -2.22. The summed E-state index contributed by atoms with van der Waals surface area (Å²) in [5.74, 6) is -0.224. The van der Waals surface area contributed by atoms with Gasteiger partial charge in [0.2, 0.25) is 0 Å². The summed E-state index contributed by atoms with van der Waals surface area (Å²) < 4.78 is 10.9. The SMILES string of the molecule is CCCCC/C(C(=O)OCC(C)C)=C(\CC(C)(C)C)C(=O)OCC(C)C. The first-order valence-electron chi connectivity index (χ1n) is 10.0. The molecule has 0 radical (unpaired) electrons. The van der Waals surface area contributed by atoms with Crippen molar-refractivity contribution in [2.24, 2.45) is 17.3 Å². The Morgan fingerprint density at radius 3 is 1.65 bits per heavy atom. The molecule has 0 aromatic carbocycles. The van der Waals surface area contributed by atoms with Gasteiger partial charge < -0.3 is 9.47 Å². The summed E-state index contributed by atoms with van der Waals surface area (Å²) in [6, 6.07) is 0. The molecule has 4 heteroatoms. The van der Waals surface area contributed by atoms with E-state index < -0.39 is 0 Å². The van der Waals surface area contributed by atoms with Crippen molar-refractivity contribution >= 4 is 11.9 Å². The van der Waals surface area contributed by atoms with E-state index in [1.54, 1.807) is 0 Å². The maximum Gasteiger partial charge on any atom is 0.334 e. The highest BCUT2D eigenvalue weighted by Gasteiger charge is 2.27. The summed E-state index contributed by atoms with van der Waals surface area (Å²) in [5, 5.41) is 0. The van der Waals surface area contributed by atoms with E-state index in [9.17, 15) is 9.59 Å². The number of ether oxygens (including phenoxy) is 2. The first kappa shape index (κ1) is 24.7. The fourth-order valence-electron chi connectivity index (χ4n) is 2.42. The number of carbonyl (C=O) groups is 2. The molecular formula is C22H40O4. The van der Waals surface area contributed by atoms with Crippen molar-refractivity contribution in [3.63, 3.8) is 0 Å². The smallest absolute Gasteiger partial charge is 0.334 e. The molecule has 0 bridgehead atoms. The van der Waals surface area contributed by atoms with Crippen molar-refractivity contribution in [2.45, 2.75) is 87.5 Å². The van der Waals surface area contributed by atoms with Gasteiger partial charge in [0.15, 0.2) is 0 Å².